The molecule has 1 fully saturated rings. The summed E-state index contributed by atoms with van der Waals surface area (Å²) in [5.41, 5.74) is 6.09. The van der Waals surface area contributed by atoms with Crippen molar-refractivity contribution >= 4 is 17.6 Å². The maximum atomic E-state index is 11.9. The number of hydrogen-bond acceptors (Lipinski definition) is 3. The van der Waals surface area contributed by atoms with Crippen LogP contribution in [0.4, 0.5) is 0 Å². The third-order valence-corrected chi connectivity index (χ3v) is 3.41. The fourth-order valence-electron chi connectivity index (χ4n) is 2.34. The summed E-state index contributed by atoms with van der Waals surface area (Å²) in [6, 6.07) is 7.40. The van der Waals surface area contributed by atoms with Crippen molar-refractivity contribution in [2.24, 2.45) is 5.73 Å². The summed E-state index contributed by atoms with van der Waals surface area (Å²) in [6.07, 6.45) is 1.25. The second-order valence-electron chi connectivity index (χ2n) is 4.25. The van der Waals surface area contributed by atoms with Crippen LogP contribution in [0.2, 0.25) is 5.02 Å². The molecule has 16 heavy (non-hydrogen) atoms. The summed E-state index contributed by atoms with van der Waals surface area (Å²) in [7, 11) is 1.40. The Morgan fingerprint density at radius 3 is 2.75 bits per heavy atom. The molecule has 0 unspecified atom stereocenters. The van der Waals surface area contributed by atoms with Crippen molar-refractivity contribution in [2.45, 2.75) is 24.3 Å². The summed E-state index contributed by atoms with van der Waals surface area (Å²) < 4.78 is 4.86. The quantitative estimate of drug-likeness (QED) is 0.802. The Kier molecular flexibility index (Phi) is 2.91. The summed E-state index contributed by atoms with van der Waals surface area (Å²) >= 11 is 5.93. The van der Waals surface area contributed by atoms with E-state index in [-0.39, 0.29) is 12.0 Å². The standard InChI is InChI=1S/C12H14ClNO2/c1-16-11(15)12(6-10(14)7-12)8-3-2-4-9(13)5-8/h2-5,10H,6-7,14H2,1H3. The molecule has 0 aliphatic heterocycles. The summed E-state index contributed by atoms with van der Waals surface area (Å²) in [4.78, 5) is 11.9. The van der Waals surface area contributed by atoms with Gasteiger partial charge in [-0.3, -0.25) is 4.79 Å². The van der Waals surface area contributed by atoms with Gasteiger partial charge in [-0.25, -0.2) is 0 Å². The number of rotatable bonds is 2. The van der Waals surface area contributed by atoms with Gasteiger partial charge in [-0.05, 0) is 30.5 Å². The molecule has 1 aromatic rings. The first kappa shape index (κ1) is 11.4. The molecule has 0 amide bonds. The number of carbonyl (C=O) groups is 1. The number of esters is 1. The molecular weight excluding hydrogens is 226 g/mol. The van der Waals surface area contributed by atoms with Crippen LogP contribution >= 0.6 is 11.6 Å². The average molecular weight is 240 g/mol. The molecule has 2 N–H and O–H groups in total. The predicted molar refractivity (Wildman–Crippen MR) is 62.4 cm³/mol. The van der Waals surface area contributed by atoms with E-state index in [1.807, 2.05) is 18.2 Å². The molecule has 0 heterocycles. The minimum absolute atomic E-state index is 0.0677. The highest BCUT2D eigenvalue weighted by Crippen LogP contribution is 2.44. The van der Waals surface area contributed by atoms with Crippen molar-refractivity contribution in [3.05, 3.63) is 34.9 Å². The van der Waals surface area contributed by atoms with Gasteiger partial charge >= 0.3 is 5.97 Å². The first-order chi connectivity index (χ1) is 7.58. The van der Waals surface area contributed by atoms with E-state index in [1.165, 1.54) is 7.11 Å². The lowest BCUT2D eigenvalue weighted by Gasteiger charge is -2.43. The summed E-state index contributed by atoms with van der Waals surface area (Å²) in [5, 5.41) is 0.626. The van der Waals surface area contributed by atoms with Crippen molar-refractivity contribution in [2.75, 3.05) is 7.11 Å². The number of halogens is 1. The van der Waals surface area contributed by atoms with Crippen molar-refractivity contribution in [1.82, 2.24) is 0 Å². The highest BCUT2D eigenvalue weighted by molar-refractivity contribution is 6.30. The van der Waals surface area contributed by atoms with E-state index in [2.05, 4.69) is 0 Å². The molecule has 2 rings (SSSR count). The Hall–Kier alpha value is -1.06. The van der Waals surface area contributed by atoms with Crippen LogP contribution in [0.1, 0.15) is 18.4 Å². The first-order valence-electron chi connectivity index (χ1n) is 5.18. The molecule has 4 heteroatoms. The number of benzene rings is 1. The van der Waals surface area contributed by atoms with Gasteiger partial charge in [0.2, 0.25) is 0 Å². The van der Waals surface area contributed by atoms with E-state index in [9.17, 15) is 4.79 Å². The Morgan fingerprint density at radius 1 is 1.56 bits per heavy atom. The van der Waals surface area contributed by atoms with Gasteiger partial charge in [-0.2, -0.15) is 0 Å². The first-order valence-corrected chi connectivity index (χ1v) is 5.56. The van der Waals surface area contributed by atoms with Crippen LogP contribution in [0.15, 0.2) is 24.3 Å². The summed E-state index contributed by atoms with van der Waals surface area (Å²) in [5.74, 6) is -0.225. The van der Waals surface area contributed by atoms with E-state index in [1.54, 1.807) is 6.07 Å². The van der Waals surface area contributed by atoms with Crippen LogP contribution in [-0.4, -0.2) is 19.1 Å². The second-order valence-corrected chi connectivity index (χ2v) is 4.69. The second kappa shape index (κ2) is 4.07. The third-order valence-electron chi connectivity index (χ3n) is 3.17. The number of nitrogens with two attached hydrogens (primary N) is 1. The van der Waals surface area contributed by atoms with Gasteiger partial charge < -0.3 is 10.5 Å². The Morgan fingerprint density at radius 2 is 2.25 bits per heavy atom. The lowest BCUT2D eigenvalue weighted by atomic mass is 9.62. The smallest absolute Gasteiger partial charge is 0.316 e. The van der Waals surface area contributed by atoms with Crippen molar-refractivity contribution < 1.29 is 9.53 Å². The Bertz CT molecular complexity index is 413. The minimum atomic E-state index is -0.584. The van der Waals surface area contributed by atoms with Gasteiger partial charge in [-0.15, -0.1) is 0 Å². The molecule has 0 saturated heterocycles. The fraction of sp³-hybridized carbons (Fsp3) is 0.417. The van der Waals surface area contributed by atoms with E-state index in [4.69, 9.17) is 22.1 Å². The molecule has 1 aromatic carbocycles. The molecule has 0 radical (unpaired) electrons. The molecule has 1 aliphatic carbocycles. The minimum Gasteiger partial charge on any atom is -0.468 e. The predicted octanol–water partition coefficient (Wildman–Crippen LogP) is 1.87. The zero-order valence-corrected chi connectivity index (χ0v) is 9.83. The van der Waals surface area contributed by atoms with Crippen LogP contribution in [0.3, 0.4) is 0 Å². The van der Waals surface area contributed by atoms with E-state index >= 15 is 0 Å². The number of methoxy groups -OCH3 is 1. The Balaban J connectivity index is 2.37. The van der Waals surface area contributed by atoms with Crippen LogP contribution in [0.25, 0.3) is 0 Å². The highest BCUT2D eigenvalue weighted by Gasteiger charge is 2.51. The topological polar surface area (TPSA) is 52.3 Å². The lowest BCUT2D eigenvalue weighted by molar-refractivity contribution is -0.152. The highest BCUT2D eigenvalue weighted by atomic mass is 35.5. The van der Waals surface area contributed by atoms with Gasteiger partial charge in [0.1, 0.15) is 0 Å². The molecule has 86 valence electrons. The van der Waals surface area contributed by atoms with Crippen LogP contribution in [0.5, 0.6) is 0 Å². The van der Waals surface area contributed by atoms with Gasteiger partial charge in [-0.1, -0.05) is 23.7 Å². The SMILES string of the molecule is COC(=O)C1(c2cccc(Cl)c2)CC(N)C1. The molecule has 0 spiro atoms. The molecule has 1 aliphatic rings. The monoisotopic (exact) mass is 239 g/mol. The molecule has 3 nitrogen and oxygen atoms in total. The van der Waals surface area contributed by atoms with Crippen LogP contribution < -0.4 is 5.73 Å². The van der Waals surface area contributed by atoms with E-state index < -0.39 is 5.41 Å². The van der Waals surface area contributed by atoms with Gasteiger partial charge in [0.15, 0.2) is 0 Å². The fourth-order valence-corrected chi connectivity index (χ4v) is 2.53. The molecule has 0 aromatic heterocycles. The maximum Gasteiger partial charge on any atom is 0.316 e. The third kappa shape index (κ3) is 1.70. The van der Waals surface area contributed by atoms with Crippen LogP contribution in [-0.2, 0) is 14.9 Å². The molecule has 0 bridgehead atoms. The summed E-state index contributed by atoms with van der Waals surface area (Å²) in [6.45, 7) is 0. The van der Waals surface area contributed by atoms with Gasteiger partial charge in [0.05, 0.1) is 12.5 Å². The van der Waals surface area contributed by atoms with Crippen molar-refractivity contribution in [1.29, 1.82) is 0 Å². The van der Waals surface area contributed by atoms with E-state index in [0.717, 1.165) is 5.56 Å². The normalized spacial score (nSPS) is 28.3. The number of ether oxygens (including phenoxy) is 1. The van der Waals surface area contributed by atoms with Crippen molar-refractivity contribution in [3.8, 4) is 0 Å². The maximum absolute atomic E-state index is 11.9. The number of carbonyl (C=O) groups excluding carboxylic acids is 1. The van der Waals surface area contributed by atoms with Crippen molar-refractivity contribution in [3.63, 3.8) is 0 Å². The van der Waals surface area contributed by atoms with E-state index in [0.29, 0.717) is 17.9 Å². The van der Waals surface area contributed by atoms with Crippen LogP contribution in [0, 0.1) is 0 Å². The average Bonchev–Trinajstić information content (AvgIpc) is 2.23. The molecule has 1 saturated carbocycles. The zero-order valence-electron chi connectivity index (χ0n) is 9.07. The molecular formula is C12H14ClNO2. The van der Waals surface area contributed by atoms with Gasteiger partial charge in [0.25, 0.3) is 0 Å². The lowest BCUT2D eigenvalue weighted by Crippen LogP contribution is -2.54. The largest absolute Gasteiger partial charge is 0.468 e. The van der Waals surface area contributed by atoms with Gasteiger partial charge in [0, 0.05) is 11.1 Å². The Labute approximate surface area is 99.5 Å². The number of hydrogen-bond donors (Lipinski definition) is 1. The molecule has 0 atom stereocenters. The zero-order chi connectivity index (χ0) is 11.8.